The molecule has 1 aromatic heterocycles. The Balaban J connectivity index is 2.44. The van der Waals surface area contributed by atoms with Gasteiger partial charge in [-0.15, -0.1) is 10.2 Å². The van der Waals surface area contributed by atoms with Crippen molar-refractivity contribution < 1.29 is 14.5 Å². The van der Waals surface area contributed by atoms with E-state index in [1.165, 1.54) is 30.2 Å². The Bertz CT molecular complexity index is 671. The molecule has 0 saturated carbocycles. The molecule has 0 aliphatic carbocycles. The quantitative estimate of drug-likeness (QED) is 0.380. The van der Waals surface area contributed by atoms with Crippen LogP contribution in [-0.4, -0.2) is 32.9 Å². The van der Waals surface area contributed by atoms with E-state index in [-0.39, 0.29) is 11.3 Å². The SMILES string of the molecule is COC(=O)c1cc([N+](=O)[O-])ccc1Sc1nncn1N. The van der Waals surface area contributed by atoms with Gasteiger partial charge < -0.3 is 10.6 Å². The van der Waals surface area contributed by atoms with Gasteiger partial charge in [0.1, 0.15) is 6.33 Å². The highest BCUT2D eigenvalue weighted by atomic mass is 32.2. The molecule has 20 heavy (non-hydrogen) atoms. The molecule has 104 valence electrons. The minimum Gasteiger partial charge on any atom is -0.465 e. The summed E-state index contributed by atoms with van der Waals surface area (Å²) in [6.45, 7) is 0. The Hall–Kier alpha value is -2.62. The Morgan fingerprint density at radius 1 is 1.55 bits per heavy atom. The number of hydrogen-bond acceptors (Lipinski definition) is 8. The number of nitrogens with two attached hydrogens (primary N) is 1. The Morgan fingerprint density at radius 2 is 2.30 bits per heavy atom. The number of hydrogen-bond donors (Lipinski definition) is 1. The fraction of sp³-hybridized carbons (Fsp3) is 0.100. The first kappa shape index (κ1) is 13.8. The lowest BCUT2D eigenvalue weighted by Gasteiger charge is -2.06. The van der Waals surface area contributed by atoms with Crippen molar-refractivity contribution in [1.82, 2.24) is 14.9 Å². The van der Waals surface area contributed by atoms with E-state index in [1.54, 1.807) is 0 Å². The molecule has 0 fully saturated rings. The fourth-order valence-electron chi connectivity index (χ4n) is 1.39. The minimum absolute atomic E-state index is 0.0645. The average Bonchev–Trinajstić information content (AvgIpc) is 2.83. The van der Waals surface area contributed by atoms with Gasteiger partial charge in [0.2, 0.25) is 5.16 Å². The van der Waals surface area contributed by atoms with Gasteiger partial charge in [-0.1, -0.05) is 0 Å². The molecule has 0 saturated heterocycles. The summed E-state index contributed by atoms with van der Waals surface area (Å²) in [5.74, 6) is 4.89. The monoisotopic (exact) mass is 295 g/mol. The average molecular weight is 295 g/mol. The number of nitro benzene ring substituents is 1. The molecule has 0 radical (unpaired) electrons. The number of rotatable bonds is 4. The molecule has 2 rings (SSSR count). The van der Waals surface area contributed by atoms with Gasteiger partial charge >= 0.3 is 5.97 Å². The number of carbonyl (C=O) groups is 1. The maximum atomic E-state index is 11.7. The smallest absolute Gasteiger partial charge is 0.339 e. The molecule has 2 N–H and O–H groups in total. The molecule has 0 aliphatic heterocycles. The van der Waals surface area contributed by atoms with Crippen molar-refractivity contribution >= 4 is 23.4 Å². The maximum Gasteiger partial charge on any atom is 0.339 e. The summed E-state index contributed by atoms with van der Waals surface area (Å²) in [5, 5.41) is 18.4. The second-order valence-corrected chi connectivity index (χ2v) is 4.56. The number of methoxy groups -OCH3 is 1. The molecule has 1 heterocycles. The second kappa shape index (κ2) is 5.57. The number of nitrogens with zero attached hydrogens (tertiary/aromatic N) is 4. The molecule has 0 bridgehead atoms. The predicted octanol–water partition coefficient (Wildman–Crippen LogP) is 0.838. The van der Waals surface area contributed by atoms with Gasteiger partial charge in [0, 0.05) is 17.0 Å². The van der Waals surface area contributed by atoms with Crippen molar-refractivity contribution in [1.29, 1.82) is 0 Å². The second-order valence-electron chi connectivity index (χ2n) is 3.55. The van der Waals surface area contributed by atoms with Gasteiger partial charge in [0.25, 0.3) is 5.69 Å². The van der Waals surface area contributed by atoms with E-state index < -0.39 is 10.9 Å². The van der Waals surface area contributed by atoms with Gasteiger partial charge in [-0.05, 0) is 17.8 Å². The summed E-state index contributed by atoms with van der Waals surface area (Å²) in [6.07, 6.45) is 1.30. The van der Waals surface area contributed by atoms with Crippen molar-refractivity contribution in [3.8, 4) is 0 Å². The first-order valence-electron chi connectivity index (χ1n) is 5.22. The lowest BCUT2D eigenvalue weighted by Crippen LogP contribution is -2.09. The highest BCUT2D eigenvalue weighted by Crippen LogP contribution is 2.31. The zero-order chi connectivity index (χ0) is 14.7. The Labute approximate surface area is 116 Å². The van der Waals surface area contributed by atoms with Crippen molar-refractivity contribution in [2.75, 3.05) is 13.0 Å². The largest absolute Gasteiger partial charge is 0.465 e. The highest BCUT2D eigenvalue weighted by molar-refractivity contribution is 7.99. The topological polar surface area (TPSA) is 126 Å². The fourth-order valence-corrected chi connectivity index (χ4v) is 2.22. The Kier molecular flexibility index (Phi) is 3.84. The van der Waals surface area contributed by atoms with Gasteiger partial charge in [-0.25, -0.2) is 9.47 Å². The van der Waals surface area contributed by atoms with Crippen molar-refractivity contribution in [3.05, 3.63) is 40.2 Å². The molecule has 0 unspecified atom stereocenters. The van der Waals surface area contributed by atoms with E-state index in [9.17, 15) is 14.9 Å². The number of carbonyl (C=O) groups excluding carboxylic acids is 1. The van der Waals surface area contributed by atoms with Crippen LogP contribution in [0.4, 0.5) is 5.69 Å². The lowest BCUT2D eigenvalue weighted by molar-refractivity contribution is -0.384. The highest BCUT2D eigenvalue weighted by Gasteiger charge is 2.19. The first-order chi connectivity index (χ1) is 9.52. The first-order valence-corrected chi connectivity index (χ1v) is 6.04. The number of benzene rings is 1. The zero-order valence-corrected chi connectivity index (χ0v) is 11.0. The predicted molar refractivity (Wildman–Crippen MR) is 68.7 cm³/mol. The van der Waals surface area contributed by atoms with Crippen LogP contribution in [0, 0.1) is 10.1 Å². The van der Waals surface area contributed by atoms with Gasteiger partial charge in [-0.3, -0.25) is 10.1 Å². The van der Waals surface area contributed by atoms with Crippen LogP contribution in [0.5, 0.6) is 0 Å². The van der Waals surface area contributed by atoms with E-state index in [0.717, 1.165) is 17.8 Å². The van der Waals surface area contributed by atoms with Crippen LogP contribution in [0.1, 0.15) is 10.4 Å². The molecule has 0 aliphatic rings. The third-order valence-corrected chi connectivity index (χ3v) is 3.37. The van der Waals surface area contributed by atoms with Crippen LogP contribution < -0.4 is 5.84 Å². The van der Waals surface area contributed by atoms with E-state index >= 15 is 0 Å². The van der Waals surface area contributed by atoms with E-state index in [1.807, 2.05) is 0 Å². The van der Waals surface area contributed by atoms with Crippen LogP contribution in [-0.2, 0) is 4.74 Å². The van der Waals surface area contributed by atoms with Crippen molar-refractivity contribution in [2.24, 2.45) is 0 Å². The number of esters is 1. The standard InChI is InChI=1S/C10H9N5O4S/c1-19-9(16)7-4-6(15(17)18)2-3-8(7)20-10-13-12-5-14(10)11/h2-5H,11H2,1H3. The normalized spacial score (nSPS) is 10.2. The van der Waals surface area contributed by atoms with Gasteiger partial charge in [0.05, 0.1) is 17.6 Å². The zero-order valence-electron chi connectivity index (χ0n) is 10.2. The number of nitrogen functional groups attached to an aromatic ring is 1. The molecule has 9 nitrogen and oxygen atoms in total. The Morgan fingerprint density at radius 3 is 2.85 bits per heavy atom. The number of ether oxygens (including phenoxy) is 1. The third kappa shape index (κ3) is 2.69. The number of aromatic nitrogens is 3. The van der Waals surface area contributed by atoms with Gasteiger partial charge in [0.15, 0.2) is 0 Å². The van der Waals surface area contributed by atoms with Crippen molar-refractivity contribution in [3.63, 3.8) is 0 Å². The van der Waals surface area contributed by atoms with E-state index in [4.69, 9.17) is 5.84 Å². The molecule has 10 heteroatoms. The lowest BCUT2D eigenvalue weighted by atomic mass is 10.2. The van der Waals surface area contributed by atoms with Crippen molar-refractivity contribution in [2.45, 2.75) is 10.1 Å². The van der Waals surface area contributed by atoms with Crippen LogP contribution in [0.3, 0.4) is 0 Å². The van der Waals surface area contributed by atoms with Crippen LogP contribution >= 0.6 is 11.8 Å². The molecule has 0 amide bonds. The molecule has 2 aromatic rings. The molecular weight excluding hydrogens is 286 g/mol. The maximum absolute atomic E-state index is 11.7. The summed E-state index contributed by atoms with van der Waals surface area (Å²) in [5.41, 5.74) is -0.140. The van der Waals surface area contributed by atoms with E-state index in [0.29, 0.717) is 10.1 Å². The third-order valence-electron chi connectivity index (χ3n) is 2.32. The summed E-state index contributed by atoms with van der Waals surface area (Å²) in [4.78, 5) is 22.3. The molecular formula is C10H9N5O4S. The minimum atomic E-state index is -0.681. The number of nitro groups is 1. The van der Waals surface area contributed by atoms with E-state index in [2.05, 4.69) is 14.9 Å². The van der Waals surface area contributed by atoms with Crippen LogP contribution in [0.2, 0.25) is 0 Å². The summed E-state index contributed by atoms with van der Waals surface area (Å²) in [6, 6.07) is 3.86. The van der Waals surface area contributed by atoms with Gasteiger partial charge in [-0.2, -0.15) is 0 Å². The van der Waals surface area contributed by atoms with Crippen LogP contribution in [0.25, 0.3) is 0 Å². The summed E-state index contributed by atoms with van der Waals surface area (Å²) in [7, 11) is 1.20. The molecule has 0 atom stereocenters. The van der Waals surface area contributed by atoms with Crippen LogP contribution in [0.15, 0.2) is 34.6 Å². The molecule has 0 spiro atoms. The summed E-state index contributed by atoms with van der Waals surface area (Å²) < 4.78 is 5.79. The number of non-ortho nitro benzene ring substituents is 1. The summed E-state index contributed by atoms with van der Waals surface area (Å²) >= 11 is 1.05. The molecule has 1 aromatic carbocycles.